The maximum Gasteiger partial charge on any atom is 0.354 e. The Bertz CT molecular complexity index is 402. The highest BCUT2D eigenvalue weighted by atomic mass is 16.4. The molecule has 0 aliphatic rings. The number of hydrogen-bond acceptors (Lipinski definition) is 4. The molecule has 0 radical (unpaired) electrons. The van der Waals surface area contributed by atoms with Gasteiger partial charge in [-0.3, -0.25) is 4.79 Å². The van der Waals surface area contributed by atoms with Crippen molar-refractivity contribution in [3.05, 3.63) is 17.7 Å². The summed E-state index contributed by atoms with van der Waals surface area (Å²) in [5.41, 5.74) is -0.222. The number of hydrogen-bond donors (Lipinski definition) is 3. The normalized spacial score (nSPS) is 10.2. The SMILES string of the molecule is CNCCCN(C)C(=O)c1nc[nH]c1C(=O)O. The molecule has 0 spiro atoms. The highest BCUT2D eigenvalue weighted by Gasteiger charge is 2.22. The van der Waals surface area contributed by atoms with Crippen LogP contribution >= 0.6 is 0 Å². The summed E-state index contributed by atoms with van der Waals surface area (Å²) in [6, 6.07) is 0. The number of carboxylic acid groups (broad SMARTS) is 1. The van der Waals surface area contributed by atoms with Crippen molar-refractivity contribution in [3.63, 3.8) is 0 Å². The van der Waals surface area contributed by atoms with E-state index in [1.807, 2.05) is 7.05 Å². The van der Waals surface area contributed by atoms with Gasteiger partial charge in [0.1, 0.15) is 0 Å². The smallest absolute Gasteiger partial charge is 0.354 e. The second-order valence-electron chi connectivity index (χ2n) is 3.62. The molecule has 0 bridgehead atoms. The van der Waals surface area contributed by atoms with Gasteiger partial charge in [-0.15, -0.1) is 0 Å². The van der Waals surface area contributed by atoms with Crippen molar-refractivity contribution in [1.82, 2.24) is 20.2 Å². The quantitative estimate of drug-likeness (QED) is 0.598. The molecule has 1 aromatic heterocycles. The fourth-order valence-corrected chi connectivity index (χ4v) is 1.39. The summed E-state index contributed by atoms with van der Waals surface area (Å²) < 4.78 is 0. The monoisotopic (exact) mass is 240 g/mol. The molecule has 94 valence electrons. The van der Waals surface area contributed by atoms with Crippen LogP contribution in [0.4, 0.5) is 0 Å². The highest BCUT2D eigenvalue weighted by molar-refractivity contribution is 6.02. The van der Waals surface area contributed by atoms with Gasteiger partial charge >= 0.3 is 5.97 Å². The molecule has 1 amide bonds. The molecule has 3 N–H and O–H groups in total. The first kappa shape index (κ1) is 13.2. The van der Waals surface area contributed by atoms with Crippen LogP contribution in [0.1, 0.15) is 27.4 Å². The Morgan fingerprint density at radius 3 is 2.88 bits per heavy atom. The first-order valence-electron chi connectivity index (χ1n) is 5.24. The van der Waals surface area contributed by atoms with E-state index in [-0.39, 0.29) is 17.3 Å². The van der Waals surface area contributed by atoms with E-state index < -0.39 is 5.97 Å². The van der Waals surface area contributed by atoms with E-state index in [1.165, 1.54) is 11.2 Å². The van der Waals surface area contributed by atoms with Crippen molar-refractivity contribution in [2.75, 3.05) is 27.2 Å². The van der Waals surface area contributed by atoms with E-state index >= 15 is 0 Å². The van der Waals surface area contributed by atoms with Crippen molar-refractivity contribution < 1.29 is 14.7 Å². The Labute approximate surface area is 98.8 Å². The number of aromatic amines is 1. The van der Waals surface area contributed by atoms with Crippen molar-refractivity contribution in [3.8, 4) is 0 Å². The molecule has 17 heavy (non-hydrogen) atoms. The van der Waals surface area contributed by atoms with Crippen LogP contribution in [0, 0.1) is 0 Å². The second-order valence-corrected chi connectivity index (χ2v) is 3.62. The molecule has 1 rings (SSSR count). The Balaban J connectivity index is 2.68. The molecule has 1 heterocycles. The molecule has 0 aromatic carbocycles. The summed E-state index contributed by atoms with van der Waals surface area (Å²) in [4.78, 5) is 30.3. The third kappa shape index (κ3) is 3.28. The number of amides is 1. The zero-order chi connectivity index (χ0) is 12.8. The lowest BCUT2D eigenvalue weighted by Crippen LogP contribution is -2.30. The van der Waals surface area contributed by atoms with Crippen molar-refractivity contribution in [2.24, 2.45) is 0 Å². The van der Waals surface area contributed by atoms with Gasteiger partial charge in [-0.1, -0.05) is 0 Å². The largest absolute Gasteiger partial charge is 0.477 e. The predicted octanol–water partition coefficient (Wildman–Crippen LogP) is -0.211. The minimum atomic E-state index is -1.19. The zero-order valence-corrected chi connectivity index (χ0v) is 9.86. The lowest BCUT2D eigenvalue weighted by atomic mass is 10.3. The number of nitrogens with one attached hydrogen (secondary N) is 2. The Morgan fingerprint density at radius 2 is 2.29 bits per heavy atom. The maximum absolute atomic E-state index is 11.9. The Morgan fingerprint density at radius 1 is 1.59 bits per heavy atom. The fraction of sp³-hybridized carbons (Fsp3) is 0.500. The van der Waals surface area contributed by atoms with Gasteiger partial charge in [0.2, 0.25) is 0 Å². The minimum Gasteiger partial charge on any atom is -0.477 e. The number of H-pyrrole nitrogens is 1. The number of carbonyl (C=O) groups is 2. The van der Waals surface area contributed by atoms with Gasteiger partial charge in [0.15, 0.2) is 11.4 Å². The summed E-state index contributed by atoms with van der Waals surface area (Å²) in [6.07, 6.45) is 2.00. The average Bonchev–Trinajstić information content (AvgIpc) is 2.77. The number of aromatic carboxylic acids is 1. The third-order valence-corrected chi connectivity index (χ3v) is 2.32. The first-order valence-corrected chi connectivity index (χ1v) is 5.24. The van der Waals surface area contributed by atoms with E-state index in [0.717, 1.165) is 13.0 Å². The standard InChI is InChI=1S/C10H16N4O3/c1-11-4-3-5-14(2)9(15)7-8(10(16)17)13-6-12-7/h6,11H,3-5H2,1-2H3,(H,12,13)(H,16,17). The summed E-state index contributed by atoms with van der Waals surface area (Å²) >= 11 is 0. The van der Waals surface area contributed by atoms with Crippen LogP contribution in [0.5, 0.6) is 0 Å². The number of nitrogens with zero attached hydrogens (tertiary/aromatic N) is 2. The number of carboxylic acids is 1. The number of aromatic nitrogens is 2. The van der Waals surface area contributed by atoms with Gasteiger partial charge in [0, 0.05) is 13.6 Å². The van der Waals surface area contributed by atoms with E-state index in [1.54, 1.807) is 7.05 Å². The van der Waals surface area contributed by atoms with Crippen LogP contribution in [-0.2, 0) is 0 Å². The molecule has 0 atom stereocenters. The van der Waals surface area contributed by atoms with Gasteiger partial charge in [0.25, 0.3) is 5.91 Å². The molecule has 7 heteroatoms. The van der Waals surface area contributed by atoms with Gasteiger partial charge < -0.3 is 20.3 Å². The molecule has 7 nitrogen and oxygen atoms in total. The predicted molar refractivity (Wildman–Crippen MR) is 61.1 cm³/mol. The molecule has 0 fully saturated rings. The second kappa shape index (κ2) is 6.00. The van der Waals surface area contributed by atoms with Gasteiger partial charge in [-0.05, 0) is 20.0 Å². The molecular formula is C10H16N4O3. The molecular weight excluding hydrogens is 224 g/mol. The highest BCUT2D eigenvalue weighted by Crippen LogP contribution is 2.06. The van der Waals surface area contributed by atoms with E-state index in [4.69, 9.17) is 5.11 Å². The van der Waals surface area contributed by atoms with E-state index in [0.29, 0.717) is 6.54 Å². The summed E-state index contributed by atoms with van der Waals surface area (Å²) in [5, 5.41) is 11.8. The maximum atomic E-state index is 11.9. The Kier molecular flexibility index (Phi) is 4.65. The van der Waals surface area contributed by atoms with Crippen LogP contribution in [0.3, 0.4) is 0 Å². The van der Waals surface area contributed by atoms with Gasteiger partial charge in [-0.2, -0.15) is 0 Å². The van der Waals surface area contributed by atoms with Crippen molar-refractivity contribution >= 4 is 11.9 Å². The van der Waals surface area contributed by atoms with Gasteiger partial charge in [0.05, 0.1) is 6.33 Å². The molecule has 0 unspecified atom stereocenters. The number of imidazole rings is 1. The van der Waals surface area contributed by atoms with Crippen LogP contribution in [-0.4, -0.2) is 59.0 Å². The van der Waals surface area contributed by atoms with Crippen molar-refractivity contribution in [1.29, 1.82) is 0 Å². The Hall–Kier alpha value is -1.89. The molecule has 0 aliphatic heterocycles. The lowest BCUT2D eigenvalue weighted by molar-refractivity contribution is 0.0675. The van der Waals surface area contributed by atoms with Crippen molar-refractivity contribution in [2.45, 2.75) is 6.42 Å². The summed E-state index contributed by atoms with van der Waals surface area (Å²) in [6.45, 7) is 1.34. The third-order valence-electron chi connectivity index (χ3n) is 2.32. The number of carbonyl (C=O) groups excluding carboxylic acids is 1. The van der Waals surface area contributed by atoms with Gasteiger partial charge in [-0.25, -0.2) is 9.78 Å². The molecule has 0 aliphatic carbocycles. The number of rotatable bonds is 6. The average molecular weight is 240 g/mol. The minimum absolute atomic E-state index is 0.0514. The van der Waals surface area contributed by atoms with Crippen LogP contribution in [0.25, 0.3) is 0 Å². The van der Waals surface area contributed by atoms with E-state index in [2.05, 4.69) is 15.3 Å². The first-order chi connectivity index (χ1) is 8.07. The van der Waals surface area contributed by atoms with Crippen LogP contribution < -0.4 is 5.32 Å². The fourth-order valence-electron chi connectivity index (χ4n) is 1.39. The summed E-state index contributed by atoms with van der Waals surface area (Å²) in [5.74, 6) is -1.57. The molecule has 1 aromatic rings. The topological polar surface area (TPSA) is 98.3 Å². The van der Waals surface area contributed by atoms with Crippen LogP contribution in [0.15, 0.2) is 6.33 Å². The molecule has 0 saturated heterocycles. The molecule has 0 saturated carbocycles. The summed E-state index contributed by atoms with van der Waals surface area (Å²) in [7, 11) is 3.45. The van der Waals surface area contributed by atoms with E-state index in [9.17, 15) is 9.59 Å². The van der Waals surface area contributed by atoms with Crippen LogP contribution in [0.2, 0.25) is 0 Å². The zero-order valence-electron chi connectivity index (χ0n) is 9.86. The lowest BCUT2D eigenvalue weighted by Gasteiger charge is -2.15.